The molecule has 0 atom stereocenters. The van der Waals surface area contributed by atoms with Crippen molar-refractivity contribution in [2.45, 2.75) is 51.0 Å². The summed E-state index contributed by atoms with van der Waals surface area (Å²) in [6.45, 7) is 4.92. The van der Waals surface area contributed by atoms with Gasteiger partial charge in [0.15, 0.2) is 0 Å². The van der Waals surface area contributed by atoms with Gasteiger partial charge in [0.25, 0.3) is 0 Å². The molecule has 1 aromatic heterocycles. The Morgan fingerprint density at radius 2 is 2.13 bits per heavy atom. The first-order chi connectivity index (χ1) is 7.18. The predicted molar refractivity (Wildman–Crippen MR) is 59.6 cm³/mol. The lowest BCUT2D eigenvalue weighted by Gasteiger charge is -2.23. The topological polar surface area (TPSA) is 56.7 Å². The van der Waals surface area contributed by atoms with Gasteiger partial charge in [-0.1, -0.05) is 18.1 Å². The first-order valence-corrected chi connectivity index (χ1v) is 5.80. The zero-order chi connectivity index (χ0) is 10.9. The molecule has 1 fully saturated rings. The minimum Gasteiger partial charge on any atom is -0.330 e. The summed E-state index contributed by atoms with van der Waals surface area (Å²) in [5, 5.41) is 8.46. The summed E-state index contributed by atoms with van der Waals surface area (Å²) in [6, 6.07) is 0.377. The molecule has 4 nitrogen and oxygen atoms in total. The zero-order valence-corrected chi connectivity index (χ0v) is 9.61. The SMILES string of the molecule is CC(C)n1cc(C2(CN)CCCC2)nn1. The third kappa shape index (κ3) is 1.78. The highest BCUT2D eigenvalue weighted by Gasteiger charge is 2.36. The van der Waals surface area contributed by atoms with Crippen LogP contribution in [0.3, 0.4) is 0 Å². The largest absolute Gasteiger partial charge is 0.330 e. The Balaban J connectivity index is 2.27. The molecule has 2 N–H and O–H groups in total. The fourth-order valence-electron chi connectivity index (χ4n) is 2.39. The van der Waals surface area contributed by atoms with Crippen molar-refractivity contribution in [3.05, 3.63) is 11.9 Å². The van der Waals surface area contributed by atoms with Gasteiger partial charge in [0, 0.05) is 24.2 Å². The van der Waals surface area contributed by atoms with Crippen LogP contribution < -0.4 is 5.73 Å². The first kappa shape index (κ1) is 10.6. The highest BCUT2D eigenvalue weighted by molar-refractivity contribution is 5.15. The number of hydrogen-bond acceptors (Lipinski definition) is 3. The monoisotopic (exact) mass is 208 g/mol. The van der Waals surface area contributed by atoms with Crippen LogP contribution in [0.1, 0.15) is 51.3 Å². The van der Waals surface area contributed by atoms with Crippen LogP contribution in [-0.2, 0) is 5.41 Å². The molecule has 4 heteroatoms. The molecule has 0 aliphatic heterocycles. The van der Waals surface area contributed by atoms with Crippen LogP contribution in [-0.4, -0.2) is 21.5 Å². The Morgan fingerprint density at radius 1 is 1.47 bits per heavy atom. The van der Waals surface area contributed by atoms with E-state index < -0.39 is 0 Å². The minimum absolute atomic E-state index is 0.118. The highest BCUT2D eigenvalue weighted by Crippen LogP contribution is 2.39. The number of hydrogen-bond donors (Lipinski definition) is 1. The van der Waals surface area contributed by atoms with E-state index in [9.17, 15) is 0 Å². The van der Waals surface area contributed by atoms with Gasteiger partial charge in [-0.15, -0.1) is 5.10 Å². The summed E-state index contributed by atoms with van der Waals surface area (Å²) in [6.07, 6.45) is 6.95. The van der Waals surface area contributed by atoms with Crippen LogP contribution in [0.2, 0.25) is 0 Å². The number of rotatable bonds is 3. The van der Waals surface area contributed by atoms with E-state index in [1.165, 1.54) is 25.7 Å². The van der Waals surface area contributed by atoms with Gasteiger partial charge >= 0.3 is 0 Å². The Kier molecular flexibility index (Phi) is 2.78. The normalized spacial score (nSPS) is 20.0. The number of aromatic nitrogens is 3. The molecule has 0 bridgehead atoms. The van der Waals surface area contributed by atoms with Crippen molar-refractivity contribution in [3.8, 4) is 0 Å². The Bertz CT molecular complexity index is 323. The van der Waals surface area contributed by atoms with E-state index in [4.69, 9.17) is 5.73 Å². The van der Waals surface area contributed by atoms with Crippen molar-refractivity contribution in [1.82, 2.24) is 15.0 Å². The standard InChI is InChI=1S/C11H20N4/c1-9(2)15-7-10(13-14-15)11(8-12)5-3-4-6-11/h7,9H,3-6,8,12H2,1-2H3. The summed E-state index contributed by atoms with van der Waals surface area (Å²) < 4.78 is 1.92. The van der Waals surface area contributed by atoms with Crippen molar-refractivity contribution < 1.29 is 0 Å². The van der Waals surface area contributed by atoms with E-state index in [-0.39, 0.29) is 5.41 Å². The van der Waals surface area contributed by atoms with Crippen molar-refractivity contribution in [2.24, 2.45) is 5.73 Å². The number of nitrogens with zero attached hydrogens (tertiary/aromatic N) is 3. The molecule has 1 aliphatic rings. The lowest BCUT2D eigenvalue weighted by Crippen LogP contribution is -2.32. The molecule has 2 rings (SSSR count). The minimum atomic E-state index is 0.118. The molecule has 1 heterocycles. The maximum absolute atomic E-state index is 5.91. The molecule has 0 spiro atoms. The molecule has 0 saturated heterocycles. The third-order valence-corrected chi connectivity index (χ3v) is 3.53. The second-order valence-corrected chi connectivity index (χ2v) is 4.87. The summed E-state index contributed by atoms with van der Waals surface area (Å²) in [5.74, 6) is 0. The molecule has 1 aliphatic carbocycles. The maximum atomic E-state index is 5.91. The first-order valence-electron chi connectivity index (χ1n) is 5.80. The lowest BCUT2D eigenvalue weighted by atomic mass is 9.83. The van der Waals surface area contributed by atoms with Crippen LogP contribution in [0.25, 0.3) is 0 Å². The van der Waals surface area contributed by atoms with Gasteiger partial charge in [0.2, 0.25) is 0 Å². The maximum Gasteiger partial charge on any atom is 0.0901 e. The smallest absolute Gasteiger partial charge is 0.0901 e. The van der Waals surface area contributed by atoms with E-state index in [1.807, 2.05) is 4.68 Å². The molecule has 1 aromatic rings. The number of nitrogens with two attached hydrogens (primary N) is 1. The summed E-state index contributed by atoms with van der Waals surface area (Å²) in [7, 11) is 0. The quantitative estimate of drug-likeness (QED) is 0.821. The molecule has 84 valence electrons. The van der Waals surface area contributed by atoms with E-state index in [0.717, 1.165) is 5.69 Å². The fourth-order valence-corrected chi connectivity index (χ4v) is 2.39. The van der Waals surface area contributed by atoms with Crippen molar-refractivity contribution in [3.63, 3.8) is 0 Å². The van der Waals surface area contributed by atoms with Crippen LogP contribution in [0.5, 0.6) is 0 Å². The lowest BCUT2D eigenvalue weighted by molar-refractivity contribution is 0.438. The van der Waals surface area contributed by atoms with E-state index in [2.05, 4.69) is 30.4 Å². The summed E-state index contributed by atoms with van der Waals surface area (Å²) in [5.41, 5.74) is 7.12. The van der Waals surface area contributed by atoms with Crippen molar-refractivity contribution in [1.29, 1.82) is 0 Å². The van der Waals surface area contributed by atoms with Gasteiger partial charge in [0.1, 0.15) is 0 Å². The van der Waals surface area contributed by atoms with E-state index >= 15 is 0 Å². The average molecular weight is 208 g/mol. The van der Waals surface area contributed by atoms with Gasteiger partial charge in [-0.2, -0.15) is 0 Å². The van der Waals surface area contributed by atoms with Crippen LogP contribution >= 0.6 is 0 Å². The van der Waals surface area contributed by atoms with Gasteiger partial charge in [-0.25, -0.2) is 4.68 Å². The molecule has 0 unspecified atom stereocenters. The summed E-state index contributed by atoms with van der Waals surface area (Å²) >= 11 is 0. The Hall–Kier alpha value is -0.900. The van der Waals surface area contributed by atoms with Crippen molar-refractivity contribution >= 4 is 0 Å². The molecule has 1 saturated carbocycles. The second-order valence-electron chi connectivity index (χ2n) is 4.87. The third-order valence-electron chi connectivity index (χ3n) is 3.53. The van der Waals surface area contributed by atoms with Gasteiger partial charge in [-0.05, 0) is 26.7 Å². The summed E-state index contributed by atoms with van der Waals surface area (Å²) in [4.78, 5) is 0. The average Bonchev–Trinajstić information content (AvgIpc) is 2.87. The van der Waals surface area contributed by atoms with Gasteiger partial charge in [0.05, 0.1) is 5.69 Å². The van der Waals surface area contributed by atoms with Gasteiger partial charge < -0.3 is 5.73 Å². The Labute approximate surface area is 90.8 Å². The molecular formula is C11H20N4. The fraction of sp³-hybridized carbons (Fsp3) is 0.818. The molecule has 0 radical (unpaired) electrons. The van der Waals surface area contributed by atoms with Crippen LogP contribution in [0, 0.1) is 0 Å². The van der Waals surface area contributed by atoms with E-state index in [0.29, 0.717) is 12.6 Å². The second kappa shape index (κ2) is 3.93. The van der Waals surface area contributed by atoms with Crippen LogP contribution in [0.4, 0.5) is 0 Å². The van der Waals surface area contributed by atoms with Crippen LogP contribution in [0.15, 0.2) is 6.20 Å². The molecule has 15 heavy (non-hydrogen) atoms. The van der Waals surface area contributed by atoms with E-state index in [1.54, 1.807) is 0 Å². The van der Waals surface area contributed by atoms with Crippen molar-refractivity contribution in [2.75, 3.05) is 6.54 Å². The van der Waals surface area contributed by atoms with Gasteiger partial charge in [-0.3, -0.25) is 0 Å². The molecule has 0 aromatic carbocycles. The highest BCUT2D eigenvalue weighted by atomic mass is 15.4. The molecular weight excluding hydrogens is 188 g/mol. The molecule has 0 amide bonds. The predicted octanol–water partition coefficient (Wildman–Crippen LogP) is 1.63. The zero-order valence-electron chi connectivity index (χ0n) is 9.61. The Morgan fingerprint density at radius 3 is 2.60 bits per heavy atom.